The van der Waals surface area contributed by atoms with Crippen LogP contribution in [-0.2, 0) is 0 Å². The number of aromatic nitrogens is 1. The summed E-state index contributed by atoms with van der Waals surface area (Å²) >= 11 is 1.12. The van der Waals surface area contributed by atoms with Gasteiger partial charge >= 0.3 is 0 Å². The van der Waals surface area contributed by atoms with E-state index in [1.165, 1.54) is 17.1 Å². The van der Waals surface area contributed by atoms with E-state index in [0.717, 1.165) is 11.3 Å². The van der Waals surface area contributed by atoms with Crippen LogP contribution in [0.2, 0.25) is 0 Å². The van der Waals surface area contributed by atoms with Crippen molar-refractivity contribution in [1.29, 1.82) is 0 Å². The SMILES string of the molecule is NC1=C(C(=O)c2ccccc2)[C@H](c2ccco2)C(C(=O)c2ccccc2)=c2s/c(=C\c3ccco3)c(=O)n21. The molecular formula is C30H20N2O5S. The molecule has 8 heteroatoms. The molecular weight excluding hydrogens is 500 g/mol. The number of thiazole rings is 1. The third-order valence-corrected chi connectivity index (χ3v) is 7.46. The molecule has 1 aliphatic rings. The number of hydrogen-bond acceptors (Lipinski definition) is 7. The first-order valence-electron chi connectivity index (χ1n) is 11.8. The lowest BCUT2D eigenvalue weighted by molar-refractivity contribution is 0.102. The van der Waals surface area contributed by atoms with Gasteiger partial charge in [-0.15, -0.1) is 11.3 Å². The molecule has 1 aliphatic heterocycles. The van der Waals surface area contributed by atoms with Crippen LogP contribution in [0.1, 0.15) is 38.2 Å². The Labute approximate surface area is 220 Å². The van der Waals surface area contributed by atoms with Crippen LogP contribution in [0.15, 0.2) is 117 Å². The molecule has 38 heavy (non-hydrogen) atoms. The summed E-state index contributed by atoms with van der Waals surface area (Å²) in [6.07, 6.45) is 4.58. The molecule has 0 bridgehead atoms. The molecule has 2 aromatic carbocycles. The van der Waals surface area contributed by atoms with E-state index in [4.69, 9.17) is 14.6 Å². The van der Waals surface area contributed by atoms with Gasteiger partial charge in [0.15, 0.2) is 11.6 Å². The number of Topliss-reactive ketones (excluding diaryl/α,β-unsaturated/α-hetero) is 2. The number of carbonyl (C=O) groups excluding carboxylic acids is 2. The van der Waals surface area contributed by atoms with Gasteiger partial charge in [-0.3, -0.25) is 19.0 Å². The van der Waals surface area contributed by atoms with E-state index in [1.807, 2.05) is 6.07 Å². The molecule has 0 saturated carbocycles. The number of ketones is 2. The van der Waals surface area contributed by atoms with Crippen molar-refractivity contribution in [2.45, 2.75) is 5.92 Å². The van der Waals surface area contributed by atoms with E-state index in [0.29, 0.717) is 31.8 Å². The number of fused-ring (bicyclic) bond motifs is 1. The molecule has 1 atom stereocenters. The molecule has 0 radical (unpaired) electrons. The third kappa shape index (κ3) is 3.88. The number of nitrogens with two attached hydrogens (primary N) is 1. The smallest absolute Gasteiger partial charge is 0.274 e. The van der Waals surface area contributed by atoms with Crippen LogP contribution in [0.25, 0.3) is 17.5 Å². The van der Waals surface area contributed by atoms with Gasteiger partial charge in [0, 0.05) is 17.2 Å². The van der Waals surface area contributed by atoms with Crippen LogP contribution in [0.3, 0.4) is 0 Å². The second kappa shape index (κ2) is 9.49. The Morgan fingerprint density at radius 3 is 1.97 bits per heavy atom. The van der Waals surface area contributed by atoms with Gasteiger partial charge in [0.05, 0.1) is 34.1 Å². The number of allylic oxidation sites excluding steroid dienone is 1. The average Bonchev–Trinajstić information content (AvgIpc) is 3.72. The lowest BCUT2D eigenvalue weighted by atomic mass is 9.80. The maximum absolute atomic E-state index is 14.1. The largest absolute Gasteiger partial charge is 0.468 e. The van der Waals surface area contributed by atoms with Gasteiger partial charge in [-0.1, -0.05) is 60.7 Å². The maximum Gasteiger partial charge on any atom is 0.274 e. The van der Waals surface area contributed by atoms with Crippen LogP contribution in [0.5, 0.6) is 0 Å². The molecule has 6 rings (SSSR count). The van der Waals surface area contributed by atoms with Crippen LogP contribution < -0.4 is 20.5 Å². The predicted octanol–water partition coefficient (Wildman–Crippen LogP) is 3.77. The van der Waals surface area contributed by atoms with Crippen LogP contribution in [0.4, 0.5) is 0 Å². The van der Waals surface area contributed by atoms with Crippen LogP contribution >= 0.6 is 11.3 Å². The fraction of sp³-hybridized carbons (Fsp3) is 0.0333. The van der Waals surface area contributed by atoms with Gasteiger partial charge in [-0.25, -0.2) is 0 Å². The van der Waals surface area contributed by atoms with Crippen molar-refractivity contribution in [3.8, 4) is 0 Å². The molecule has 0 aliphatic carbocycles. The number of nitrogens with zero attached hydrogens (tertiary/aromatic N) is 1. The van der Waals surface area contributed by atoms with E-state index in [1.54, 1.807) is 84.9 Å². The summed E-state index contributed by atoms with van der Waals surface area (Å²) in [5, 5.41) is 0. The minimum absolute atomic E-state index is 0.0415. The zero-order chi connectivity index (χ0) is 26.2. The van der Waals surface area contributed by atoms with Crippen molar-refractivity contribution >= 4 is 40.4 Å². The highest BCUT2D eigenvalue weighted by Crippen LogP contribution is 2.39. The summed E-state index contributed by atoms with van der Waals surface area (Å²) in [6, 6.07) is 24.2. The Hall–Kier alpha value is -4.95. The first kappa shape index (κ1) is 23.4. The van der Waals surface area contributed by atoms with E-state index < -0.39 is 17.3 Å². The fourth-order valence-corrected chi connectivity index (χ4v) is 5.78. The Bertz CT molecular complexity index is 1860. The standard InChI is InChI=1S/C30H20N2O5S/c31-28-24(26(33)18-9-3-1-4-10-18)23(21-14-8-16-37-21)25(27(34)19-11-5-2-6-12-19)30-32(28)29(35)22(38-30)17-20-13-7-15-36-20/h1-17,23H,31H2/b22-17-/t23-/m0/s1. The van der Waals surface area contributed by atoms with Crippen molar-refractivity contribution in [2.24, 2.45) is 5.73 Å². The highest BCUT2D eigenvalue weighted by molar-refractivity contribution is 7.07. The number of carbonyl (C=O) groups is 2. The van der Waals surface area contributed by atoms with Crippen LogP contribution in [-0.4, -0.2) is 16.1 Å². The third-order valence-electron chi connectivity index (χ3n) is 6.35. The molecule has 2 N–H and O–H groups in total. The average molecular weight is 521 g/mol. The highest BCUT2D eigenvalue weighted by atomic mass is 32.1. The molecule has 4 heterocycles. The molecule has 7 nitrogen and oxygen atoms in total. The molecule has 0 amide bonds. The van der Waals surface area contributed by atoms with E-state index in [-0.39, 0.29) is 22.8 Å². The maximum atomic E-state index is 14.1. The van der Waals surface area contributed by atoms with Crippen molar-refractivity contribution in [2.75, 3.05) is 0 Å². The number of furan rings is 2. The van der Waals surface area contributed by atoms with Crippen molar-refractivity contribution < 1.29 is 18.4 Å². The summed E-state index contributed by atoms with van der Waals surface area (Å²) in [4.78, 5) is 41.8. The van der Waals surface area contributed by atoms with Crippen molar-refractivity contribution in [1.82, 2.24) is 4.57 Å². The minimum atomic E-state index is -0.931. The van der Waals surface area contributed by atoms with Gasteiger partial charge in [0.1, 0.15) is 22.0 Å². The Morgan fingerprint density at radius 2 is 1.39 bits per heavy atom. The summed E-state index contributed by atoms with van der Waals surface area (Å²) < 4.78 is 13.1. The Balaban J connectivity index is 1.72. The zero-order valence-corrected chi connectivity index (χ0v) is 20.7. The minimum Gasteiger partial charge on any atom is -0.468 e. The molecule has 0 saturated heterocycles. The topological polar surface area (TPSA) is 108 Å². The monoisotopic (exact) mass is 520 g/mol. The summed E-state index contributed by atoms with van der Waals surface area (Å²) in [5.41, 5.74) is 7.31. The van der Waals surface area contributed by atoms with E-state index in [2.05, 4.69) is 0 Å². The van der Waals surface area contributed by atoms with E-state index >= 15 is 0 Å². The lowest BCUT2D eigenvalue weighted by Crippen LogP contribution is -2.41. The lowest BCUT2D eigenvalue weighted by Gasteiger charge is -2.26. The number of rotatable bonds is 6. The molecule has 0 spiro atoms. The molecule has 186 valence electrons. The van der Waals surface area contributed by atoms with Gasteiger partial charge in [-0.2, -0.15) is 0 Å². The second-order valence-corrected chi connectivity index (χ2v) is 9.65. The van der Waals surface area contributed by atoms with Gasteiger partial charge in [-0.05, 0) is 24.3 Å². The van der Waals surface area contributed by atoms with Crippen molar-refractivity contribution in [3.05, 3.63) is 145 Å². The summed E-state index contributed by atoms with van der Waals surface area (Å²) in [7, 11) is 0. The second-order valence-electron chi connectivity index (χ2n) is 8.62. The molecule has 3 aromatic heterocycles. The number of hydrogen-bond donors (Lipinski definition) is 1. The normalized spacial score (nSPS) is 15.5. The van der Waals surface area contributed by atoms with Gasteiger partial charge < -0.3 is 14.6 Å². The van der Waals surface area contributed by atoms with Crippen molar-refractivity contribution in [3.63, 3.8) is 0 Å². The van der Waals surface area contributed by atoms with E-state index in [9.17, 15) is 14.4 Å². The highest BCUT2D eigenvalue weighted by Gasteiger charge is 2.40. The molecule has 0 fully saturated rings. The van der Waals surface area contributed by atoms with Gasteiger partial charge in [0.2, 0.25) is 0 Å². The number of benzene rings is 2. The zero-order valence-electron chi connectivity index (χ0n) is 19.9. The van der Waals surface area contributed by atoms with Crippen LogP contribution in [0, 0.1) is 0 Å². The first-order chi connectivity index (χ1) is 18.5. The quantitative estimate of drug-likeness (QED) is 0.342. The Kier molecular flexibility index (Phi) is 5.86. The molecule has 0 unspecified atom stereocenters. The summed E-state index contributed by atoms with van der Waals surface area (Å²) in [6.45, 7) is 0. The fourth-order valence-electron chi connectivity index (χ4n) is 4.63. The summed E-state index contributed by atoms with van der Waals surface area (Å²) in [5.74, 6) is -0.862. The first-order valence-corrected chi connectivity index (χ1v) is 12.6. The van der Waals surface area contributed by atoms with Gasteiger partial charge in [0.25, 0.3) is 5.56 Å². The predicted molar refractivity (Wildman–Crippen MR) is 144 cm³/mol. The molecule has 5 aromatic rings. The Morgan fingerprint density at radius 1 is 0.789 bits per heavy atom.